The largest absolute Gasteiger partial charge is 0.534 e. The van der Waals surface area contributed by atoms with Gasteiger partial charge in [-0.3, -0.25) is 9.63 Å². The van der Waals surface area contributed by atoms with E-state index in [-0.39, 0.29) is 6.41 Å². The number of carbonyl (C=O) groups is 2. The van der Waals surface area contributed by atoms with E-state index in [4.69, 9.17) is 0 Å². The van der Waals surface area contributed by atoms with Gasteiger partial charge in [0, 0.05) is 0 Å². The van der Waals surface area contributed by atoms with E-state index in [0.717, 1.165) is 18.4 Å². The Balaban J connectivity index is 0.00000154. The fraction of sp³-hybridized carbons (Fsp3) is 0.333. The van der Waals surface area contributed by atoms with Crippen molar-refractivity contribution in [1.29, 1.82) is 0 Å². The van der Waals surface area contributed by atoms with Gasteiger partial charge in [0.2, 0.25) is 0 Å². The third kappa shape index (κ3) is 6.27. The number of carbonyl (C=O) groups excluding carboxylic acids is 2. The smallest absolute Gasteiger partial charge is 0.436 e. The Kier molecular flexibility index (Phi) is 8.55. The molecule has 0 saturated heterocycles. The van der Waals surface area contributed by atoms with E-state index in [1.807, 2.05) is 39.0 Å². The summed E-state index contributed by atoms with van der Waals surface area (Å²) in [5.74, 6) is 0. The number of nitrogens with zero attached hydrogens (tertiary/aromatic N) is 1. The zero-order chi connectivity index (χ0) is 14.7. The van der Waals surface area contributed by atoms with Crippen LogP contribution in [0.5, 0.6) is 0 Å². The van der Waals surface area contributed by atoms with Crippen molar-refractivity contribution in [2.75, 3.05) is 12.5 Å². The lowest BCUT2D eigenvalue weighted by atomic mass is 10.2. The predicted molar refractivity (Wildman–Crippen MR) is 70.7 cm³/mol. The minimum Gasteiger partial charge on any atom is -0.436 e. The number of hydrogen-bond acceptors (Lipinski definition) is 6. The first-order valence-corrected chi connectivity index (χ1v) is 5.75. The van der Waals surface area contributed by atoms with Gasteiger partial charge in [0.1, 0.15) is 0 Å². The third-order valence-electron chi connectivity index (χ3n) is 1.88. The molecule has 0 aliphatic carbocycles. The summed E-state index contributed by atoms with van der Waals surface area (Å²) in [6.07, 6.45) is -0.724. The molecule has 106 valence electrons. The molecule has 0 atom stereocenters. The zero-order valence-electron chi connectivity index (χ0n) is 11.5. The first-order valence-electron chi connectivity index (χ1n) is 5.75. The van der Waals surface area contributed by atoms with Crippen LogP contribution in [0.3, 0.4) is 0 Å². The number of nitrogens with one attached hydrogen (secondary N) is 2. The van der Waals surface area contributed by atoms with Crippen LogP contribution in [0.25, 0.3) is 0 Å². The molecule has 7 heteroatoms. The number of ether oxygens (including phenoxy) is 1. The molecule has 0 radical (unpaired) electrons. The van der Waals surface area contributed by atoms with Crippen molar-refractivity contribution in [1.82, 2.24) is 10.7 Å². The first kappa shape index (κ1) is 16.7. The maximum absolute atomic E-state index is 10.7. The van der Waals surface area contributed by atoms with Crippen LogP contribution in [-0.2, 0) is 14.4 Å². The van der Waals surface area contributed by atoms with Crippen molar-refractivity contribution in [2.24, 2.45) is 0 Å². The minimum atomic E-state index is -1.00. The van der Waals surface area contributed by atoms with E-state index in [1.165, 1.54) is 0 Å². The highest BCUT2D eigenvalue weighted by Gasteiger charge is 2.09. The van der Waals surface area contributed by atoms with Gasteiger partial charge in [-0.1, -0.05) is 37.2 Å². The summed E-state index contributed by atoms with van der Waals surface area (Å²) in [5, 5.41) is 0.554. The first-order chi connectivity index (χ1) is 9.17. The number of rotatable bonds is 5. The van der Waals surface area contributed by atoms with Gasteiger partial charge in [0.25, 0.3) is 6.41 Å². The Morgan fingerprint density at radius 3 is 2.47 bits per heavy atom. The van der Waals surface area contributed by atoms with Crippen LogP contribution in [0.4, 0.5) is 10.5 Å². The highest BCUT2D eigenvalue weighted by molar-refractivity contribution is 5.61. The molecule has 0 aromatic heterocycles. The number of anilines is 1. The summed E-state index contributed by atoms with van der Waals surface area (Å²) >= 11 is 0. The van der Waals surface area contributed by atoms with Gasteiger partial charge in [0.15, 0.2) is 0 Å². The van der Waals surface area contributed by atoms with E-state index < -0.39 is 6.16 Å². The monoisotopic (exact) mass is 269 g/mol. The number of aryl methyl sites for hydroxylation is 1. The van der Waals surface area contributed by atoms with E-state index in [0.29, 0.717) is 5.17 Å². The van der Waals surface area contributed by atoms with Crippen LogP contribution in [0, 0.1) is 6.92 Å². The Bertz CT molecular complexity index is 398. The normalized spacial score (nSPS) is 8.63. The molecule has 7 nitrogen and oxygen atoms in total. The molecular weight excluding hydrogens is 250 g/mol. The summed E-state index contributed by atoms with van der Waals surface area (Å²) in [7, 11) is 1.14. The standard InChI is InChI=1S/C10H13N3O4.C2H6/c1-8-5-3-4-6-9(8)11-12-13(7-14)17-10(15)16-2;1-2/h3-7,11-12H,1-2H3;1-2H3. The average molecular weight is 269 g/mol. The van der Waals surface area contributed by atoms with Crippen LogP contribution >= 0.6 is 0 Å². The number of hydroxylamine groups is 1. The van der Waals surface area contributed by atoms with Crippen molar-refractivity contribution in [3.63, 3.8) is 0 Å². The van der Waals surface area contributed by atoms with Crippen LogP contribution in [-0.4, -0.2) is 24.8 Å². The van der Waals surface area contributed by atoms with E-state index in [9.17, 15) is 9.59 Å². The van der Waals surface area contributed by atoms with E-state index >= 15 is 0 Å². The molecule has 0 unspecified atom stereocenters. The fourth-order valence-electron chi connectivity index (χ4n) is 1.02. The van der Waals surface area contributed by atoms with Gasteiger partial charge in [-0.2, -0.15) is 0 Å². The Hall–Kier alpha value is -2.28. The lowest BCUT2D eigenvalue weighted by Crippen LogP contribution is -2.42. The molecule has 1 rings (SSSR count). The predicted octanol–water partition coefficient (Wildman–Crippen LogP) is 2.01. The second kappa shape index (κ2) is 9.72. The van der Waals surface area contributed by atoms with Crippen molar-refractivity contribution < 1.29 is 19.2 Å². The molecule has 1 aromatic rings. The molecule has 1 aromatic carbocycles. The average Bonchev–Trinajstić information content (AvgIpc) is 2.46. The van der Waals surface area contributed by atoms with Gasteiger partial charge in [0.05, 0.1) is 12.8 Å². The highest BCUT2D eigenvalue weighted by Crippen LogP contribution is 2.11. The molecule has 0 heterocycles. The molecule has 19 heavy (non-hydrogen) atoms. The van der Waals surface area contributed by atoms with E-state index in [2.05, 4.69) is 20.5 Å². The molecule has 2 N–H and O–H groups in total. The van der Waals surface area contributed by atoms with Crippen molar-refractivity contribution in [3.8, 4) is 0 Å². The van der Waals surface area contributed by atoms with Crippen LogP contribution < -0.4 is 11.0 Å². The van der Waals surface area contributed by atoms with Crippen LogP contribution in [0.2, 0.25) is 0 Å². The molecular formula is C12H19N3O4. The quantitative estimate of drug-likeness (QED) is 0.483. The number of methoxy groups -OCH3 is 1. The second-order valence-corrected chi connectivity index (χ2v) is 3.03. The van der Waals surface area contributed by atoms with Gasteiger partial charge < -0.3 is 10.2 Å². The van der Waals surface area contributed by atoms with Crippen molar-refractivity contribution in [2.45, 2.75) is 20.8 Å². The molecule has 0 bridgehead atoms. The van der Waals surface area contributed by atoms with Crippen molar-refractivity contribution in [3.05, 3.63) is 29.8 Å². The Morgan fingerprint density at radius 2 is 1.95 bits per heavy atom. The van der Waals surface area contributed by atoms with Gasteiger partial charge >= 0.3 is 6.16 Å². The third-order valence-corrected chi connectivity index (χ3v) is 1.88. The molecule has 0 saturated carbocycles. The minimum absolute atomic E-state index is 0.280. The van der Waals surface area contributed by atoms with Crippen LogP contribution in [0.1, 0.15) is 19.4 Å². The summed E-state index contributed by atoms with van der Waals surface area (Å²) in [6.45, 7) is 5.89. The molecule has 0 fully saturated rings. The number of amides is 1. The fourth-order valence-corrected chi connectivity index (χ4v) is 1.02. The SMILES string of the molecule is CC.COC(=O)ON(C=O)NNc1ccccc1C. The molecule has 1 amide bonds. The van der Waals surface area contributed by atoms with E-state index in [1.54, 1.807) is 6.07 Å². The highest BCUT2D eigenvalue weighted by atomic mass is 16.8. The van der Waals surface area contributed by atoms with Gasteiger partial charge in [-0.05, 0) is 18.6 Å². The number of hydrogen-bond donors (Lipinski definition) is 2. The van der Waals surface area contributed by atoms with Gasteiger partial charge in [-0.15, -0.1) is 5.53 Å². The molecule has 0 aliphatic heterocycles. The Labute approximate surface area is 112 Å². The number of benzene rings is 1. The zero-order valence-corrected chi connectivity index (χ0v) is 11.5. The lowest BCUT2D eigenvalue weighted by Gasteiger charge is -2.17. The topological polar surface area (TPSA) is 79.9 Å². The molecule has 0 spiro atoms. The van der Waals surface area contributed by atoms with Crippen molar-refractivity contribution >= 4 is 18.3 Å². The Morgan fingerprint density at radius 1 is 1.32 bits per heavy atom. The summed E-state index contributed by atoms with van der Waals surface area (Å²) in [5.41, 5.74) is 6.79. The second-order valence-electron chi connectivity index (χ2n) is 3.03. The molecule has 0 aliphatic rings. The summed E-state index contributed by atoms with van der Waals surface area (Å²) in [6, 6.07) is 7.38. The van der Waals surface area contributed by atoms with Gasteiger partial charge in [-0.25, -0.2) is 4.79 Å². The maximum atomic E-state index is 10.7. The van der Waals surface area contributed by atoms with Crippen LogP contribution in [0.15, 0.2) is 24.3 Å². The number of para-hydroxylation sites is 1. The summed E-state index contributed by atoms with van der Waals surface area (Å²) in [4.78, 5) is 25.7. The lowest BCUT2D eigenvalue weighted by molar-refractivity contribution is -0.170. The summed E-state index contributed by atoms with van der Waals surface area (Å²) < 4.78 is 4.23. The maximum Gasteiger partial charge on any atom is 0.534 e. The number of hydrazine groups is 2.